The lowest BCUT2D eigenvalue weighted by Crippen LogP contribution is -2.39. The highest BCUT2D eigenvalue weighted by Gasteiger charge is 2.22. The van der Waals surface area contributed by atoms with E-state index in [4.69, 9.17) is 0 Å². The highest BCUT2D eigenvalue weighted by molar-refractivity contribution is 8.00. The average molecular weight is 147 g/mol. The molecule has 0 saturated carbocycles. The molecular formula is C7H17NS. The highest BCUT2D eigenvalue weighted by atomic mass is 32.2. The fourth-order valence-electron chi connectivity index (χ4n) is 0.524. The van der Waals surface area contributed by atoms with Gasteiger partial charge in [0, 0.05) is 10.8 Å². The number of thioether (sulfide) groups is 1. The Bertz CT molecular complexity index is 81.0. The number of hydrogen-bond acceptors (Lipinski definition) is 2. The monoisotopic (exact) mass is 147 g/mol. The molecule has 0 aliphatic heterocycles. The van der Waals surface area contributed by atoms with Gasteiger partial charge in [0.25, 0.3) is 0 Å². The molecule has 1 nitrogen and oxygen atoms in total. The van der Waals surface area contributed by atoms with Crippen LogP contribution in [0, 0.1) is 0 Å². The Labute approximate surface area is 62.6 Å². The number of hydrogen-bond donors (Lipinski definition) is 1. The van der Waals surface area contributed by atoms with Gasteiger partial charge in [0.15, 0.2) is 0 Å². The second kappa shape index (κ2) is 3.47. The lowest BCUT2D eigenvalue weighted by molar-refractivity contribution is 0.499. The van der Waals surface area contributed by atoms with Crippen molar-refractivity contribution < 1.29 is 0 Å². The Morgan fingerprint density at radius 1 is 1.44 bits per heavy atom. The van der Waals surface area contributed by atoms with E-state index < -0.39 is 0 Å². The molecule has 9 heavy (non-hydrogen) atoms. The molecule has 2 heteroatoms. The summed E-state index contributed by atoms with van der Waals surface area (Å²) in [5.41, 5.74) is 0. The maximum Gasteiger partial charge on any atom is 0.0251 e. The van der Waals surface area contributed by atoms with Crippen LogP contribution in [0.25, 0.3) is 0 Å². The molecule has 0 fully saturated rings. The standard InChI is InChI=1S/C7H17NS/c1-6(8-4)7(2,3)9-5/h6,8H,1-5H3/t6-/m0/s1. The highest BCUT2D eigenvalue weighted by Crippen LogP contribution is 2.24. The third-order valence-corrected chi connectivity index (χ3v) is 3.41. The van der Waals surface area contributed by atoms with Crippen molar-refractivity contribution in [1.82, 2.24) is 5.32 Å². The second-order valence-corrected chi connectivity index (χ2v) is 4.28. The smallest absolute Gasteiger partial charge is 0.0251 e. The Morgan fingerprint density at radius 2 is 1.89 bits per heavy atom. The third kappa shape index (κ3) is 2.59. The van der Waals surface area contributed by atoms with Gasteiger partial charge in [-0.3, -0.25) is 0 Å². The minimum Gasteiger partial charge on any atom is -0.316 e. The SMILES string of the molecule is CN[C@@H](C)C(C)(C)SC. The fourth-order valence-corrected chi connectivity index (χ4v) is 0.996. The second-order valence-electron chi connectivity index (χ2n) is 2.82. The zero-order chi connectivity index (χ0) is 7.49. The van der Waals surface area contributed by atoms with E-state index in [1.807, 2.05) is 18.8 Å². The summed E-state index contributed by atoms with van der Waals surface area (Å²) < 4.78 is 0.356. The van der Waals surface area contributed by atoms with Gasteiger partial charge in [0.1, 0.15) is 0 Å². The minimum absolute atomic E-state index is 0.356. The first-order valence-electron chi connectivity index (χ1n) is 3.27. The molecule has 1 N–H and O–H groups in total. The van der Waals surface area contributed by atoms with Crippen LogP contribution in [0.15, 0.2) is 0 Å². The van der Waals surface area contributed by atoms with Crippen molar-refractivity contribution in [2.75, 3.05) is 13.3 Å². The molecule has 0 unspecified atom stereocenters. The number of rotatable bonds is 3. The van der Waals surface area contributed by atoms with Crippen molar-refractivity contribution in [2.45, 2.75) is 31.6 Å². The van der Waals surface area contributed by atoms with Crippen LogP contribution in [0.5, 0.6) is 0 Å². The molecule has 0 aromatic carbocycles. The maximum absolute atomic E-state index is 3.24. The fraction of sp³-hybridized carbons (Fsp3) is 1.00. The van der Waals surface area contributed by atoms with Crippen molar-refractivity contribution >= 4 is 11.8 Å². The number of nitrogens with one attached hydrogen (secondary N) is 1. The van der Waals surface area contributed by atoms with Gasteiger partial charge >= 0.3 is 0 Å². The van der Waals surface area contributed by atoms with Crippen LogP contribution in [0.4, 0.5) is 0 Å². The van der Waals surface area contributed by atoms with Gasteiger partial charge < -0.3 is 5.32 Å². The van der Waals surface area contributed by atoms with Gasteiger partial charge in [0.05, 0.1) is 0 Å². The lowest BCUT2D eigenvalue weighted by Gasteiger charge is -2.29. The summed E-state index contributed by atoms with van der Waals surface area (Å²) in [7, 11) is 2.00. The van der Waals surface area contributed by atoms with Crippen LogP contribution in [0.2, 0.25) is 0 Å². The Morgan fingerprint density at radius 3 is 2.00 bits per heavy atom. The van der Waals surface area contributed by atoms with Crippen molar-refractivity contribution in [3.8, 4) is 0 Å². The summed E-state index contributed by atoms with van der Waals surface area (Å²) >= 11 is 1.90. The first-order chi connectivity index (χ1) is 4.04. The summed E-state index contributed by atoms with van der Waals surface area (Å²) in [6.07, 6.45) is 2.15. The van der Waals surface area contributed by atoms with Gasteiger partial charge in [-0.2, -0.15) is 11.8 Å². The lowest BCUT2D eigenvalue weighted by atomic mass is 10.1. The van der Waals surface area contributed by atoms with E-state index in [0.29, 0.717) is 10.8 Å². The van der Waals surface area contributed by atoms with Crippen LogP contribution in [-0.2, 0) is 0 Å². The van der Waals surface area contributed by atoms with E-state index in [2.05, 4.69) is 32.3 Å². The van der Waals surface area contributed by atoms with Gasteiger partial charge in [0.2, 0.25) is 0 Å². The van der Waals surface area contributed by atoms with Gasteiger partial charge in [-0.05, 0) is 34.1 Å². The molecule has 0 rings (SSSR count). The first-order valence-corrected chi connectivity index (χ1v) is 4.49. The quantitative estimate of drug-likeness (QED) is 0.652. The Kier molecular flexibility index (Phi) is 3.59. The summed E-state index contributed by atoms with van der Waals surface area (Å²) in [6, 6.07) is 0.576. The molecule has 0 aromatic rings. The van der Waals surface area contributed by atoms with Crippen molar-refractivity contribution in [2.24, 2.45) is 0 Å². The summed E-state index contributed by atoms with van der Waals surface area (Å²) in [4.78, 5) is 0. The predicted molar refractivity (Wildman–Crippen MR) is 46.1 cm³/mol. The maximum atomic E-state index is 3.24. The zero-order valence-electron chi connectivity index (χ0n) is 6.99. The normalized spacial score (nSPS) is 15.7. The molecule has 0 spiro atoms. The van der Waals surface area contributed by atoms with Crippen LogP contribution >= 0.6 is 11.8 Å². The van der Waals surface area contributed by atoms with E-state index in [9.17, 15) is 0 Å². The summed E-state index contributed by atoms with van der Waals surface area (Å²) in [5.74, 6) is 0. The molecule has 0 heterocycles. The predicted octanol–water partition coefficient (Wildman–Crippen LogP) is 1.74. The van der Waals surface area contributed by atoms with Crippen LogP contribution in [0.3, 0.4) is 0 Å². The van der Waals surface area contributed by atoms with Crippen LogP contribution < -0.4 is 5.32 Å². The molecule has 1 atom stereocenters. The van der Waals surface area contributed by atoms with E-state index in [-0.39, 0.29) is 0 Å². The van der Waals surface area contributed by atoms with Crippen molar-refractivity contribution in [3.05, 3.63) is 0 Å². The minimum atomic E-state index is 0.356. The Balaban J connectivity index is 3.80. The van der Waals surface area contributed by atoms with Gasteiger partial charge in [-0.1, -0.05) is 0 Å². The third-order valence-electron chi connectivity index (χ3n) is 2.00. The molecule has 0 saturated heterocycles. The summed E-state index contributed by atoms with van der Waals surface area (Å²) in [5, 5.41) is 3.24. The van der Waals surface area contributed by atoms with Crippen LogP contribution in [0.1, 0.15) is 20.8 Å². The van der Waals surface area contributed by atoms with Gasteiger partial charge in [-0.15, -0.1) is 0 Å². The molecule has 0 amide bonds. The summed E-state index contributed by atoms with van der Waals surface area (Å²) in [6.45, 7) is 6.70. The largest absolute Gasteiger partial charge is 0.316 e. The van der Waals surface area contributed by atoms with Gasteiger partial charge in [-0.25, -0.2) is 0 Å². The molecular weight excluding hydrogens is 130 g/mol. The zero-order valence-corrected chi connectivity index (χ0v) is 7.80. The van der Waals surface area contributed by atoms with E-state index in [1.54, 1.807) is 0 Å². The van der Waals surface area contributed by atoms with Crippen molar-refractivity contribution in [3.63, 3.8) is 0 Å². The average Bonchev–Trinajstić information content (AvgIpc) is 1.86. The van der Waals surface area contributed by atoms with Crippen molar-refractivity contribution in [1.29, 1.82) is 0 Å². The van der Waals surface area contributed by atoms with E-state index in [1.165, 1.54) is 0 Å². The molecule has 0 aliphatic rings. The molecule has 0 radical (unpaired) electrons. The first kappa shape index (κ1) is 9.31. The van der Waals surface area contributed by atoms with Crippen LogP contribution in [-0.4, -0.2) is 24.1 Å². The molecule has 0 aliphatic carbocycles. The van der Waals surface area contributed by atoms with E-state index in [0.717, 1.165) is 0 Å². The molecule has 0 bridgehead atoms. The Hall–Kier alpha value is 0.310. The topological polar surface area (TPSA) is 12.0 Å². The molecule has 0 aromatic heterocycles. The van der Waals surface area contributed by atoms with E-state index >= 15 is 0 Å². The molecule has 56 valence electrons.